The van der Waals surface area contributed by atoms with Crippen molar-refractivity contribution in [1.29, 1.82) is 0 Å². The van der Waals surface area contributed by atoms with E-state index < -0.39 is 41.9 Å². The second kappa shape index (κ2) is 12.3. The number of carbonyl (C=O) groups excluding carboxylic acids is 2. The van der Waals surface area contributed by atoms with Gasteiger partial charge in [-0.3, -0.25) is 9.59 Å². The zero-order chi connectivity index (χ0) is 25.3. The number of hydrogen-bond acceptors (Lipinski definition) is 8. The van der Waals surface area contributed by atoms with Crippen LogP contribution in [0.3, 0.4) is 0 Å². The topological polar surface area (TPSA) is 140 Å². The largest absolute Gasteiger partial charge is 0.455 e. The van der Waals surface area contributed by atoms with Crippen molar-refractivity contribution in [2.75, 3.05) is 6.61 Å². The number of aliphatic hydroxyl groups excluding tert-OH is 1. The van der Waals surface area contributed by atoms with Crippen molar-refractivity contribution < 1.29 is 33.6 Å². The van der Waals surface area contributed by atoms with Crippen LogP contribution in [0, 0.1) is 0 Å². The summed E-state index contributed by atoms with van der Waals surface area (Å²) in [6.45, 7) is 2.51. The van der Waals surface area contributed by atoms with Gasteiger partial charge in [0.2, 0.25) is 0 Å². The zero-order valence-electron chi connectivity index (χ0n) is 19.6. The maximum Gasteiger partial charge on any atom is 0.303 e. The molecule has 1 saturated carbocycles. The Bertz CT molecular complexity index is 1030. The Morgan fingerprint density at radius 1 is 1.03 bits per heavy atom. The lowest BCUT2D eigenvalue weighted by atomic mass is 9.76. The van der Waals surface area contributed by atoms with E-state index in [1.165, 1.54) is 13.8 Å². The molecule has 0 radical (unpaired) electrons. The summed E-state index contributed by atoms with van der Waals surface area (Å²) >= 11 is 0. The lowest BCUT2D eigenvalue weighted by Gasteiger charge is -2.49. The third-order valence-corrected chi connectivity index (χ3v) is 5.69. The molecule has 0 bridgehead atoms. The molecule has 2 aromatic carbocycles. The number of aliphatic hydroxyl groups is 1. The first kappa shape index (κ1) is 26.2. The van der Waals surface area contributed by atoms with Crippen molar-refractivity contribution in [2.24, 2.45) is 5.11 Å². The Morgan fingerprint density at radius 2 is 1.63 bits per heavy atom. The van der Waals surface area contributed by atoms with Crippen molar-refractivity contribution in [3.05, 3.63) is 82.2 Å². The number of hydrogen-bond donors (Lipinski definition) is 1. The smallest absolute Gasteiger partial charge is 0.303 e. The molecule has 2 aromatic rings. The molecule has 35 heavy (non-hydrogen) atoms. The minimum Gasteiger partial charge on any atom is -0.455 e. The van der Waals surface area contributed by atoms with Crippen LogP contribution in [0.1, 0.15) is 31.4 Å². The highest BCUT2D eigenvalue weighted by Gasteiger charge is 2.58. The van der Waals surface area contributed by atoms with Gasteiger partial charge in [0, 0.05) is 25.2 Å². The number of nitrogens with zero attached hydrogens (tertiary/aromatic N) is 3. The quantitative estimate of drug-likeness (QED) is 0.236. The maximum atomic E-state index is 12.2. The molecule has 0 saturated heterocycles. The van der Waals surface area contributed by atoms with Crippen LogP contribution >= 0.6 is 0 Å². The molecule has 1 aliphatic rings. The number of esters is 2. The van der Waals surface area contributed by atoms with E-state index in [0.29, 0.717) is 0 Å². The van der Waals surface area contributed by atoms with E-state index in [9.17, 15) is 14.7 Å². The second-order valence-electron chi connectivity index (χ2n) is 8.40. The van der Waals surface area contributed by atoms with Crippen molar-refractivity contribution in [2.45, 2.75) is 63.4 Å². The number of rotatable bonds is 10. The summed E-state index contributed by atoms with van der Waals surface area (Å²) in [5, 5.41) is 14.7. The third-order valence-electron chi connectivity index (χ3n) is 5.69. The summed E-state index contributed by atoms with van der Waals surface area (Å²) in [5.74, 6) is -1.30. The molecule has 0 heterocycles. The van der Waals surface area contributed by atoms with Gasteiger partial charge in [-0.05, 0) is 16.7 Å². The third kappa shape index (κ3) is 7.03. The zero-order valence-corrected chi connectivity index (χ0v) is 19.6. The van der Waals surface area contributed by atoms with E-state index in [4.69, 9.17) is 24.5 Å². The fourth-order valence-corrected chi connectivity index (χ4v) is 4.24. The van der Waals surface area contributed by atoms with Crippen LogP contribution in [0.15, 0.2) is 65.8 Å². The summed E-state index contributed by atoms with van der Waals surface area (Å²) in [5.41, 5.74) is 9.23. The Labute approximate surface area is 203 Å². The van der Waals surface area contributed by atoms with E-state index in [2.05, 4.69) is 10.0 Å². The summed E-state index contributed by atoms with van der Waals surface area (Å²) < 4.78 is 23.2. The van der Waals surface area contributed by atoms with Crippen LogP contribution in [0.2, 0.25) is 0 Å². The van der Waals surface area contributed by atoms with Crippen molar-refractivity contribution in [3.63, 3.8) is 0 Å². The van der Waals surface area contributed by atoms with Gasteiger partial charge in [0.25, 0.3) is 0 Å². The molecular formula is C25H29N3O7. The van der Waals surface area contributed by atoms with Gasteiger partial charge in [-0.15, -0.1) is 0 Å². The molecule has 1 N–H and O–H groups in total. The molecule has 0 aromatic heterocycles. The van der Waals surface area contributed by atoms with E-state index in [-0.39, 0.29) is 26.2 Å². The summed E-state index contributed by atoms with van der Waals surface area (Å²) in [6, 6.07) is 17.5. The molecular weight excluding hydrogens is 454 g/mol. The fourth-order valence-electron chi connectivity index (χ4n) is 4.24. The predicted octanol–water partition coefficient (Wildman–Crippen LogP) is 3.47. The molecule has 0 aliphatic heterocycles. The minimum absolute atomic E-state index is 0.0738. The van der Waals surface area contributed by atoms with Crippen LogP contribution in [-0.2, 0) is 41.8 Å². The van der Waals surface area contributed by atoms with Gasteiger partial charge >= 0.3 is 11.9 Å². The van der Waals surface area contributed by atoms with E-state index >= 15 is 0 Å². The van der Waals surface area contributed by atoms with E-state index in [1.807, 2.05) is 60.7 Å². The van der Waals surface area contributed by atoms with Gasteiger partial charge < -0.3 is 24.1 Å². The van der Waals surface area contributed by atoms with Crippen LogP contribution in [-0.4, -0.2) is 53.6 Å². The van der Waals surface area contributed by atoms with Gasteiger partial charge in [-0.2, -0.15) is 0 Å². The number of carbonyl (C=O) groups is 2. The highest BCUT2D eigenvalue weighted by Crippen LogP contribution is 2.39. The average molecular weight is 484 g/mol. The summed E-state index contributed by atoms with van der Waals surface area (Å²) in [6.07, 6.45) is -3.83. The Kier molecular flexibility index (Phi) is 9.22. The lowest BCUT2D eigenvalue weighted by molar-refractivity contribution is -0.247. The molecule has 10 nitrogen and oxygen atoms in total. The monoisotopic (exact) mass is 483 g/mol. The second-order valence-corrected chi connectivity index (χ2v) is 8.40. The van der Waals surface area contributed by atoms with Gasteiger partial charge in [0.05, 0.1) is 32.0 Å². The number of benzene rings is 2. The predicted molar refractivity (Wildman–Crippen MR) is 125 cm³/mol. The molecule has 1 fully saturated rings. The van der Waals surface area contributed by atoms with Gasteiger partial charge in [0.1, 0.15) is 6.10 Å². The van der Waals surface area contributed by atoms with Gasteiger partial charge in [0.15, 0.2) is 11.7 Å². The Hall–Kier alpha value is -3.43. The molecule has 1 aliphatic carbocycles. The SMILES string of the molecule is CC(=O)O[C@H]1[C@H](OCc2ccccc2)[C@H](O)[C@@H](N=[N+]=[N-])C[C@@]1(COCc1ccccc1)OC(C)=O. The van der Waals surface area contributed by atoms with Gasteiger partial charge in [-0.1, -0.05) is 65.8 Å². The van der Waals surface area contributed by atoms with Crippen molar-refractivity contribution in [1.82, 2.24) is 0 Å². The number of azide groups is 1. The van der Waals surface area contributed by atoms with Crippen molar-refractivity contribution >= 4 is 11.9 Å². The molecule has 0 amide bonds. The number of ether oxygens (including phenoxy) is 4. The van der Waals surface area contributed by atoms with Crippen LogP contribution in [0.5, 0.6) is 0 Å². The molecule has 5 atom stereocenters. The highest BCUT2D eigenvalue weighted by atomic mass is 16.6. The summed E-state index contributed by atoms with van der Waals surface area (Å²) in [7, 11) is 0. The van der Waals surface area contributed by atoms with E-state index in [1.54, 1.807) is 0 Å². The average Bonchev–Trinajstić information content (AvgIpc) is 2.83. The van der Waals surface area contributed by atoms with Gasteiger partial charge in [-0.25, -0.2) is 0 Å². The molecule has 0 spiro atoms. The standard InChI is InChI=1S/C25H29N3O7/c1-17(29)34-24-23(33-15-20-11-7-4-8-12-20)22(31)21(27-28-26)13-25(24,35-18(2)30)16-32-14-19-9-5-3-6-10-19/h3-12,21-24,31H,13-16H2,1-2H3/t21-,22+,23+,24-,25-/m0/s1. The Morgan fingerprint density at radius 3 is 2.17 bits per heavy atom. The van der Waals surface area contributed by atoms with Crippen LogP contribution in [0.25, 0.3) is 10.4 Å². The molecule has 3 rings (SSSR count). The minimum atomic E-state index is -1.56. The van der Waals surface area contributed by atoms with Crippen LogP contribution < -0.4 is 0 Å². The molecule has 0 unspecified atom stereocenters. The lowest BCUT2D eigenvalue weighted by Crippen LogP contribution is -2.67. The fraction of sp³-hybridized carbons (Fsp3) is 0.440. The highest BCUT2D eigenvalue weighted by molar-refractivity contribution is 5.68. The first-order valence-corrected chi connectivity index (χ1v) is 11.2. The summed E-state index contributed by atoms with van der Waals surface area (Å²) in [4.78, 5) is 27.1. The first-order valence-electron chi connectivity index (χ1n) is 11.2. The maximum absolute atomic E-state index is 12.2. The van der Waals surface area contributed by atoms with E-state index in [0.717, 1.165) is 11.1 Å². The molecule has 10 heteroatoms. The van der Waals surface area contributed by atoms with Crippen molar-refractivity contribution in [3.8, 4) is 0 Å². The first-order chi connectivity index (χ1) is 16.8. The van der Waals surface area contributed by atoms with Crippen LogP contribution in [0.4, 0.5) is 0 Å². The molecule has 186 valence electrons. The Balaban J connectivity index is 1.95. The normalized spacial score (nSPS) is 25.8.